The molecule has 0 unspecified atom stereocenters. The number of nitrogens with one attached hydrogen (secondary N) is 2. The fourth-order valence-corrected chi connectivity index (χ4v) is 4.24. The smallest absolute Gasteiger partial charge is 0.229 e. The predicted octanol–water partition coefficient (Wildman–Crippen LogP) is 4.74. The largest absolute Gasteiger partial charge is 0.340 e. The third-order valence-electron chi connectivity index (χ3n) is 6.19. The van der Waals surface area contributed by atoms with Crippen molar-refractivity contribution in [3.8, 4) is 12.1 Å². The van der Waals surface area contributed by atoms with Gasteiger partial charge in [-0.25, -0.2) is 4.98 Å². The molecular formula is C28H30N8. The van der Waals surface area contributed by atoms with Crippen molar-refractivity contribution in [3.05, 3.63) is 76.5 Å². The van der Waals surface area contributed by atoms with Crippen LogP contribution in [-0.2, 0) is 6.54 Å². The molecule has 1 aromatic heterocycles. The van der Waals surface area contributed by atoms with Crippen LogP contribution in [0.3, 0.4) is 0 Å². The van der Waals surface area contributed by atoms with Gasteiger partial charge in [0.15, 0.2) is 0 Å². The quantitative estimate of drug-likeness (QED) is 0.470. The lowest BCUT2D eigenvalue weighted by Crippen LogP contribution is -2.44. The maximum Gasteiger partial charge on any atom is 0.229 e. The van der Waals surface area contributed by atoms with Gasteiger partial charge in [-0.15, -0.1) is 0 Å². The van der Waals surface area contributed by atoms with E-state index in [4.69, 9.17) is 20.5 Å². The molecule has 3 aromatic rings. The Morgan fingerprint density at radius 2 is 1.64 bits per heavy atom. The van der Waals surface area contributed by atoms with Gasteiger partial charge in [-0.2, -0.15) is 15.5 Å². The molecule has 1 fully saturated rings. The predicted molar refractivity (Wildman–Crippen MR) is 143 cm³/mol. The molecule has 2 aromatic carbocycles. The molecule has 36 heavy (non-hydrogen) atoms. The van der Waals surface area contributed by atoms with E-state index in [9.17, 15) is 0 Å². The third kappa shape index (κ3) is 6.45. The Balaban J connectivity index is 1.63. The number of rotatable bonds is 7. The fraction of sp³-hybridized carbons (Fsp3) is 0.286. The van der Waals surface area contributed by atoms with Crippen molar-refractivity contribution >= 4 is 29.2 Å². The van der Waals surface area contributed by atoms with Crippen LogP contribution in [0.5, 0.6) is 0 Å². The summed E-state index contributed by atoms with van der Waals surface area (Å²) in [6.07, 6.45) is 3.29. The Morgan fingerprint density at radius 3 is 2.28 bits per heavy atom. The summed E-state index contributed by atoms with van der Waals surface area (Å²) in [5, 5.41) is 24.7. The van der Waals surface area contributed by atoms with Gasteiger partial charge in [0.2, 0.25) is 5.95 Å². The molecule has 2 N–H and O–H groups in total. The van der Waals surface area contributed by atoms with Gasteiger partial charge in [0, 0.05) is 56.2 Å². The summed E-state index contributed by atoms with van der Waals surface area (Å²) in [7, 11) is 2.15. The number of likely N-dealkylation sites (N-methyl/N-ethyl adjacent to an activating group) is 1. The van der Waals surface area contributed by atoms with Crippen LogP contribution >= 0.6 is 0 Å². The van der Waals surface area contributed by atoms with Gasteiger partial charge in [-0.1, -0.05) is 0 Å². The number of piperazine rings is 1. The molecule has 8 nitrogen and oxygen atoms in total. The summed E-state index contributed by atoms with van der Waals surface area (Å²) < 4.78 is 0. The lowest BCUT2D eigenvalue weighted by Gasteiger charge is -2.32. The van der Waals surface area contributed by atoms with Gasteiger partial charge in [-0.3, -0.25) is 4.90 Å². The molecule has 0 saturated carbocycles. The molecule has 0 radical (unpaired) electrons. The Morgan fingerprint density at radius 1 is 0.944 bits per heavy atom. The summed E-state index contributed by atoms with van der Waals surface area (Å²) >= 11 is 0. The number of benzene rings is 2. The van der Waals surface area contributed by atoms with Crippen LogP contribution < -0.4 is 10.6 Å². The maximum atomic E-state index is 9.08. The van der Waals surface area contributed by atoms with Crippen LogP contribution in [0.2, 0.25) is 0 Å². The zero-order valence-corrected chi connectivity index (χ0v) is 20.9. The number of anilines is 4. The minimum absolute atomic E-state index is 0.498. The van der Waals surface area contributed by atoms with E-state index in [0.29, 0.717) is 17.3 Å². The number of aromatic nitrogens is 2. The molecular weight excluding hydrogens is 448 g/mol. The second kappa shape index (κ2) is 11.5. The Labute approximate surface area is 212 Å². The lowest BCUT2D eigenvalue weighted by molar-refractivity contribution is 0.147. The summed E-state index contributed by atoms with van der Waals surface area (Å²) in [4.78, 5) is 14.3. The van der Waals surface area contributed by atoms with Gasteiger partial charge in [-0.05, 0) is 80.1 Å². The minimum Gasteiger partial charge on any atom is -0.340 e. The summed E-state index contributed by atoms with van der Waals surface area (Å²) in [5.74, 6) is 1.20. The van der Waals surface area contributed by atoms with Gasteiger partial charge in [0.1, 0.15) is 5.82 Å². The molecule has 8 heteroatoms. The van der Waals surface area contributed by atoms with E-state index >= 15 is 0 Å². The Hall–Kier alpha value is -4.24. The summed E-state index contributed by atoms with van der Waals surface area (Å²) in [6.45, 7) is 8.90. The number of nitriles is 2. The first-order chi connectivity index (χ1) is 17.4. The molecule has 0 bridgehead atoms. The molecule has 4 rings (SSSR count). The number of allylic oxidation sites excluding steroid dienone is 1. The molecule has 1 saturated heterocycles. The summed E-state index contributed by atoms with van der Waals surface area (Å²) in [5.41, 5.74) is 6.44. The monoisotopic (exact) mass is 478 g/mol. The van der Waals surface area contributed by atoms with Crippen molar-refractivity contribution in [2.24, 2.45) is 0 Å². The average Bonchev–Trinajstić information content (AvgIpc) is 2.87. The number of nitrogens with zero attached hydrogens (tertiary/aromatic N) is 6. The Bertz CT molecular complexity index is 1300. The van der Waals surface area contributed by atoms with Crippen molar-refractivity contribution in [1.82, 2.24) is 19.8 Å². The van der Waals surface area contributed by atoms with Gasteiger partial charge in [0.05, 0.1) is 23.4 Å². The van der Waals surface area contributed by atoms with E-state index in [0.717, 1.165) is 66.5 Å². The van der Waals surface area contributed by atoms with Gasteiger partial charge < -0.3 is 15.5 Å². The highest BCUT2D eigenvalue weighted by atomic mass is 15.3. The van der Waals surface area contributed by atoms with Crippen LogP contribution in [0.15, 0.2) is 48.5 Å². The maximum absolute atomic E-state index is 9.08. The minimum atomic E-state index is 0.498. The van der Waals surface area contributed by atoms with E-state index in [2.05, 4.69) is 33.6 Å². The van der Waals surface area contributed by atoms with Crippen LogP contribution in [0.1, 0.15) is 27.9 Å². The summed E-state index contributed by atoms with van der Waals surface area (Å²) in [6, 6.07) is 17.5. The zero-order chi connectivity index (χ0) is 25.5. The van der Waals surface area contributed by atoms with Crippen molar-refractivity contribution in [3.63, 3.8) is 0 Å². The van der Waals surface area contributed by atoms with E-state index in [1.165, 1.54) is 6.08 Å². The third-order valence-corrected chi connectivity index (χ3v) is 6.19. The molecule has 1 aliphatic heterocycles. The highest BCUT2D eigenvalue weighted by Gasteiger charge is 2.16. The average molecular weight is 479 g/mol. The van der Waals surface area contributed by atoms with E-state index < -0.39 is 0 Å². The topological polar surface area (TPSA) is 104 Å². The van der Waals surface area contributed by atoms with E-state index in [1.54, 1.807) is 12.1 Å². The van der Waals surface area contributed by atoms with Crippen molar-refractivity contribution in [2.75, 3.05) is 43.9 Å². The van der Waals surface area contributed by atoms with Gasteiger partial charge >= 0.3 is 0 Å². The molecule has 182 valence electrons. The molecule has 2 heterocycles. The van der Waals surface area contributed by atoms with Gasteiger partial charge in [0.25, 0.3) is 0 Å². The lowest BCUT2D eigenvalue weighted by atomic mass is 10.0. The highest BCUT2D eigenvalue weighted by Crippen LogP contribution is 2.27. The fourth-order valence-electron chi connectivity index (χ4n) is 4.24. The number of hydrogen-bond acceptors (Lipinski definition) is 8. The van der Waals surface area contributed by atoms with Crippen molar-refractivity contribution < 1.29 is 0 Å². The molecule has 0 aliphatic carbocycles. The highest BCUT2D eigenvalue weighted by molar-refractivity contribution is 5.69. The molecule has 0 spiro atoms. The second-order valence-corrected chi connectivity index (χ2v) is 9.08. The normalized spacial score (nSPS) is 14.4. The van der Waals surface area contributed by atoms with E-state index in [1.807, 2.05) is 56.3 Å². The SMILES string of the molecule is Cc1cc(/C=C/C#N)cc(C)c1Nc1cc(CN2CCN(C)CC2)nc(Nc2ccc(C#N)cc2)n1. The van der Waals surface area contributed by atoms with Crippen LogP contribution in [0.4, 0.5) is 23.1 Å². The zero-order valence-electron chi connectivity index (χ0n) is 20.9. The first-order valence-corrected chi connectivity index (χ1v) is 11.9. The van der Waals surface area contributed by atoms with Crippen LogP contribution in [-0.4, -0.2) is 53.0 Å². The standard InChI is InChI=1S/C28H30N8/c1-20-15-23(5-4-10-29)16-21(2)27(20)33-26-17-25(19-36-13-11-35(3)12-14-36)32-28(34-26)31-24-8-6-22(18-30)7-9-24/h4-9,15-17H,11-14,19H2,1-3H3,(H2,31,32,33,34)/b5-4+. The van der Waals surface area contributed by atoms with Crippen molar-refractivity contribution in [1.29, 1.82) is 10.5 Å². The number of hydrogen-bond donors (Lipinski definition) is 2. The second-order valence-electron chi connectivity index (χ2n) is 9.08. The molecule has 1 aliphatic rings. The van der Waals surface area contributed by atoms with E-state index in [-0.39, 0.29) is 0 Å². The Kier molecular flexibility index (Phi) is 7.92. The number of aryl methyl sites for hydroxylation is 2. The van der Waals surface area contributed by atoms with Crippen LogP contribution in [0, 0.1) is 36.5 Å². The van der Waals surface area contributed by atoms with Crippen molar-refractivity contribution in [2.45, 2.75) is 20.4 Å². The first kappa shape index (κ1) is 24.9. The molecule has 0 amide bonds. The first-order valence-electron chi connectivity index (χ1n) is 11.9. The van der Waals surface area contributed by atoms with Crippen LogP contribution in [0.25, 0.3) is 6.08 Å². The molecule has 0 atom stereocenters.